The Kier molecular flexibility index (Phi) is 7.43. The first-order chi connectivity index (χ1) is 14.6. The lowest BCUT2D eigenvalue weighted by atomic mass is 10.1. The highest BCUT2D eigenvalue weighted by atomic mass is 16.5. The monoisotopic (exact) mass is 410 g/mol. The maximum Gasteiger partial charge on any atom is 0.308 e. The summed E-state index contributed by atoms with van der Waals surface area (Å²) in [6, 6.07) is 15.6. The van der Waals surface area contributed by atoms with Gasteiger partial charge in [-0.25, -0.2) is 0 Å². The Hall–Kier alpha value is -3.35. The zero-order chi connectivity index (χ0) is 21.3. The number of nitrogens with one attached hydrogen (secondary N) is 1. The van der Waals surface area contributed by atoms with Gasteiger partial charge in [-0.1, -0.05) is 36.4 Å². The third kappa shape index (κ3) is 5.59. The Morgan fingerprint density at radius 3 is 2.70 bits per heavy atom. The van der Waals surface area contributed by atoms with Crippen molar-refractivity contribution in [1.82, 2.24) is 10.2 Å². The molecule has 1 aliphatic heterocycles. The van der Waals surface area contributed by atoms with Crippen molar-refractivity contribution < 1.29 is 23.9 Å². The third-order valence-corrected chi connectivity index (χ3v) is 4.84. The van der Waals surface area contributed by atoms with Crippen LogP contribution in [0.4, 0.5) is 0 Å². The average molecular weight is 410 g/mol. The van der Waals surface area contributed by atoms with Crippen molar-refractivity contribution in [2.24, 2.45) is 0 Å². The number of benzene rings is 2. The molecule has 2 aromatic rings. The van der Waals surface area contributed by atoms with Crippen LogP contribution in [0.25, 0.3) is 0 Å². The fraction of sp³-hybridized carbons (Fsp3) is 0.348. The van der Waals surface area contributed by atoms with Gasteiger partial charge in [0.1, 0.15) is 11.8 Å². The molecular formula is C23H26N2O5. The fourth-order valence-corrected chi connectivity index (χ4v) is 3.36. The molecule has 0 unspecified atom stereocenters. The van der Waals surface area contributed by atoms with E-state index in [-0.39, 0.29) is 24.8 Å². The molecule has 0 spiro atoms. The molecule has 1 fully saturated rings. The van der Waals surface area contributed by atoms with Crippen LogP contribution in [0.15, 0.2) is 54.6 Å². The van der Waals surface area contributed by atoms with E-state index in [0.717, 1.165) is 5.56 Å². The van der Waals surface area contributed by atoms with E-state index < -0.39 is 12.0 Å². The Labute approximate surface area is 176 Å². The number of carbonyl (C=O) groups is 3. The van der Waals surface area contributed by atoms with Gasteiger partial charge in [-0.05, 0) is 30.7 Å². The minimum absolute atomic E-state index is 0.183. The van der Waals surface area contributed by atoms with Gasteiger partial charge in [0, 0.05) is 25.1 Å². The lowest BCUT2D eigenvalue weighted by Crippen LogP contribution is -2.57. The molecule has 1 atom stereocenters. The minimum Gasteiger partial charge on any atom is -0.494 e. The van der Waals surface area contributed by atoms with Crippen molar-refractivity contribution in [3.05, 3.63) is 65.7 Å². The van der Waals surface area contributed by atoms with E-state index in [1.165, 1.54) is 4.90 Å². The molecule has 1 N–H and O–H groups in total. The number of amides is 2. The molecule has 1 heterocycles. The van der Waals surface area contributed by atoms with E-state index in [2.05, 4.69) is 5.32 Å². The van der Waals surface area contributed by atoms with Crippen molar-refractivity contribution in [2.45, 2.75) is 25.8 Å². The van der Waals surface area contributed by atoms with Crippen LogP contribution in [-0.2, 0) is 20.7 Å². The molecule has 158 valence electrons. The number of hydrogen-bond donors (Lipinski definition) is 1. The summed E-state index contributed by atoms with van der Waals surface area (Å²) < 4.78 is 10.8. The van der Waals surface area contributed by atoms with E-state index in [4.69, 9.17) is 9.47 Å². The quantitative estimate of drug-likeness (QED) is 0.675. The lowest BCUT2D eigenvalue weighted by molar-refractivity contribution is -0.147. The van der Waals surface area contributed by atoms with Gasteiger partial charge < -0.3 is 19.7 Å². The number of hydrogen-bond acceptors (Lipinski definition) is 5. The lowest BCUT2D eigenvalue weighted by Gasteiger charge is -2.34. The van der Waals surface area contributed by atoms with Crippen LogP contribution < -0.4 is 10.1 Å². The zero-order valence-corrected chi connectivity index (χ0v) is 17.0. The summed E-state index contributed by atoms with van der Waals surface area (Å²) >= 11 is 0. The zero-order valence-electron chi connectivity index (χ0n) is 17.0. The summed E-state index contributed by atoms with van der Waals surface area (Å²) in [4.78, 5) is 39.2. The van der Waals surface area contributed by atoms with Crippen molar-refractivity contribution in [3.8, 4) is 5.75 Å². The summed E-state index contributed by atoms with van der Waals surface area (Å²) in [5.41, 5.74) is 1.48. The van der Waals surface area contributed by atoms with Crippen LogP contribution in [0.2, 0.25) is 0 Å². The van der Waals surface area contributed by atoms with Crippen LogP contribution in [0.1, 0.15) is 29.3 Å². The molecule has 0 aliphatic carbocycles. The van der Waals surface area contributed by atoms with Crippen LogP contribution in [0.3, 0.4) is 0 Å². The highest BCUT2D eigenvalue weighted by Crippen LogP contribution is 2.19. The predicted octanol–water partition coefficient (Wildman–Crippen LogP) is 2.20. The molecule has 0 aromatic heterocycles. The normalized spacial score (nSPS) is 16.0. The van der Waals surface area contributed by atoms with Gasteiger partial charge in [0.25, 0.3) is 5.91 Å². The molecule has 7 nitrogen and oxygen atoms in total. The second-order valence-corrected chi connectivity index (χ2v) is 6.93. The first-order valence-electron chi connectivity index (χ1n) is 10.1. The second kappa shape index (κ2) is 10.4. The van der Waals surface area contributed by atoms with Gasteiger partial charge in [-0.15, -0.1) is 0 Å². The largest absolute Gasteiger partial charge is 0.494 e. The molecule has 1 saturated heterocycles. The molecule has 30 heavy (non-hydrogen) atoms. The van der Waals surface area contributed by atoms with Gasteiger partial charge >= 0.3 is 5.97 Å². The molecule has 1 aliphatic rings. The highest BCUT2D eigenvalue weighted by Gasteiger charge is 2.35. The Morgan fingerprint density at radius 2 is 1.93 bits per heavy atom. The maximum atomic E-state index is 13.0. The summed E-state index contributed by atoms with van der Waals surface area (Å²) in [6.07, 6.45) is 0.411. The smallest absolute Gasteiger partial charge is 0.308 e. The molecule has 3 rings (SSSR count). The Bertz CT molecular complexity index is 884. The summed E-state index contributed by atoms with van der Waals surface area (Å²) in [5.74, 6) is -0.584. The van der Waals surface area contributed by atoms with E-state index in [1.807, 2.05) is 37.3 Å². The molecular weight excluding hydrogens is 384 g/mol. The molecule has 2 amide bonds. The standard InChI is InChI=1S/C23H26N2O5/c1-2-29-19-10-6-9-18(15-19)23(28)25-13-12-24-22(27)20(25)16-21(26)30-14-11-17-7-4-3-5-8-17/h3-10,15,20H,2,11-14,16H2,1H3,(H,24,27)/t20-/m0/s1. The van der Waals surface area contributed by atoms with Gasteiger partial charge in [0.2, 0.25) is 5.91 Å². The van der Waals surface area contributed by atoms with Gasteiger partial charge in [0.15, 0.2) is 0 Å². The van der Waals surface area contributed by atoms with Crippen LogP contribution >= 0.6 is 0 Å². The molecule has 2 aromatic carbocycles. The van der Waals surface area contributed by atoms with E-state index >= 15 is 0 Å². The van der Waals surface area contributed by atoms with Gasteiger partial charge in [-0.3, -0.25) is 14.4 Å². The average Bonchev–Trinajstić information content (AvgIpc) is 2.76. The summed E-state index contributed by atoms with van der Waals surface area (Å²) in [5, 5.41) is 2.72. The molecule has 7 heteroatoms. The maximum absolute atomic E-state index is 13.0. The first-order valence-corrected chi connectivity index (χ1v) is 10.1. The fourth-order valence-electron chi connectivity index (χ4n) is 3.36. The third-order valence-electron chi connectivity index (χ3n) is 4.84. The van der Waals surface area contributed by atoms with Crippen molar-refractivity contribution in [2.75, 3.05) is 26.3 Å². The Morgan fingerprint density at radius 1 is 1.13 bits per heavy atom. The first kappa shape index (κ1) is 21.4. The minimum atomic E-state index is -0.897. The predicted molar refractivity (Wildman–Crippen MR) is 111 cm³/mol. The van der Waals surface area contributed by atoms with Gasteiger partial charge in [-0.2, -0.15) is 0 Å². The SMILES string of the molecule is CCOc1cccc(C(=O)N2CCNC(=O)[C@@H]2CC(=O)OCCc2ccccc2)c1. The number of piperazine rings is 1. The van der Waals surface area contributed by atoms with Crippen molar-refractivity contribution >= 4 is 17.8 Å². The number of esters is 1. The van der Waals surface area contributed by atoms with E-state index in [1.54, 1.807) is 24.3 Å². The highest BCUT2D eigenvalue weighted by molar-refractivity contribution is 5.99. The number of carbonyl (C=O) groups excluding carboxylic acids is 3. The summed E-state index contributed by atoms with van der Waals surface area (Å²) in [6.45, 7) is 3.24. The molecule has 0 radical (unpaired) electrons. The van der Waals surface area contributed by atoms with Crippen molar-refractivity contribution in [1.29, 1.82) is 0 Å². The van der Waals surface area contributed by atoms with Crippen LogP contribution in [-0.4, -0.2) is 55.0 Å². The van der Waals surface area contributed by atoms with E-state index in [0.29, 0.717) is 37.4 Å². The van der Waals surface area contributed by atoms with Gasteiger partial charge in [0.05, 0.1) is 19.6 Å². The summed E-state index contributed by atoms with van der Waals surface area (Å²) in [7, 11) is 0. The number of nitrogens with zero attached hydrogens (tertiary/aromatic N) is 1. The number of rotatable bonds is 8. The van der Waals surface area contributed by atoms with Crippen LogP contribution in [0, 0.1) is 0 Å². The Balaban J connectivity index is 1.62. The van der Waals surface area contributed by atoms with Crippen LogP contribution in [0.5, 0.6) is 5.75 Å². The van der Waals surface area contributed by atoms with E-state index in [9.17, 15) is 14.4 Å². The number of ether oxygens (including phenoxy) is 2. The molecule has 0 saturated carbocycles. The second-order valence-electron chi connectivity index (χ2n) is 6.93. The molecule has 0 bridgehead atoms. The van der Waals surface area contributed by atoms with Crippen molar-refractivity contribution in [3.63, 3.8) is 0 Å². The topological polar surface area (TPSA) is 84.9 Å².